The van der Waals surface area contributed by atoms with E-state index in [0.29, 0.717) is 0 Å². The van der Waals surface area contributed by atoms with Crippen LogP contribution in [0, 0.1) is 6.92 Å². The van der Waals surface area contributed by atoms with Gasteiger partial charge in [-0.1, -0.05) is 42.8 Å². The van der Waals surface area contributed by atoms with Crippen LogP contribution < -0.4 is 10.1 Å². The van der Waals surface area contributed by atoms with Crippen LogP contribution in [-0.2, 0) is 0 Å². The first-order valence-corrected chi connectivity index (χ1v) is 9.78. The highest BCUT2D eigenvalue weighted by Gasteiger charge is 2.22. The van der Waals surface area contributed by atoms with Crippen molar-refractivity contribution in [2.24, 2.45) is 0 Å². The molecule has 0 bridgehead atoms. The molecule has 132 valence electrons. The highest BCUT2D eigenvalue weighted by atomic mass is 32.2. The summed E-state index contributed by atoms with van der Waals surface area (Å²) in [4.78, 5) is 10.0. The molecule has 3 rings (SSSR count). The summed E-state index contributed by atoms with van der Waals surface area (Å²) in [6, 6.07) is 8.60. The van der Waals surface area contributed by atoms with E-state index in [4.69, 9.17) is 4.74 Å². The summed E-state index contributed by atoms with van der Waals surface area (Å²) in [5.74, 6) is 1.63. The summed E-state index contributed by atoms with van der Waals surface area (Å²) >= 11 is 1.75. The first-order valence-electron chi connectivity index (χ1n) is 8.79. The van der Waals surface area contributed by atoms with Gasteiger partial charge in [0.1, 0.15) is 12.4 Å². The molecule has 0 radical (unpaired) electrons. The third-order valence-electron chi connectivity index (χ3n) is 4.35. The molecule has 0 amide bonds. The van der Waals surface area contributed by atoms with E-state index in [1.54, 1.807) is 18.1 Å². The Kier molecular flexibility index (Phi) is 6.10. The zero-order valence-electron chi connectivity index (χ0n) is 15.1. The number of rotatable bonds is 7. The summed E-state index contributed by atoms with van der Waals surface area (Å²) in [5, 5.41) is 3.19. The molecule has 2 heterocycles. The number of hydrogen-bond donors (Lipinski definition) is 1. The Labute approximate surface area is 154 Å². The number of thioether (sulfide) groups is 1. The Hall–Kier alpha value is -1.85. The summed E-state index contributed by atoms with van der Waals surface area (Å²) in [6.45, 7) is 5.19. The fraction of sp³-hybridized carbons (Fsp3) is 0.400. The van der Waals surface area contributed by atoms with Crippen LogP contribution in [-0.4, -0.2) is 35.4 Å². The maximum absolute atomic E-state index is 6.23. The molecule has 0 aliphatic carbocycles. The number of ether oxygens (including phenoxy) is 1. The molecular weight excluding hydrogens is 330 g/mol. The monoisotopic (exact) mass is 355 g/mol. The molecule has 5 heteroatoms. The van der Waals surface area contributed by atoms with Crippen LogP contribution in [0.4, 0.5) is 0 Å². The molecule has 0 saturated heterocycles. The SMILES string of the molecule is CCC(CCNC)Oc1ncnc2c1SCC=C2c1ccc(C)cc1. The second-order valence-electron chi connectivity index (χ2n) is 6.19. The lowest BCUT2D eigenvalue weighted by atomic mass is 10.0. The second-order valence-corrected chi connectivity index (χ2v) is 7.22. The van der Waals surface area contributed by atoms with Gasteiger partial charge in [0.2, 0.25) is 5.88 Å². The summed E-state index contributed by atoms with van der Waals surface area (Å²) < 4.78 is 6.23. The Bertz CT molecular complexity index is 743. The quantitative estimate of drug-likeness (QED) is 0.810. The van der Waals surface area contributed by atoms with Gasteiger partial charge in [-0.3, -0.25) is 0 Å². The van der Waals surface area contributed by atoms with E-state index in [1.807, 2.05) is 7.05 Å². The van der Waals surface area contributed by atoms with Crippen molar-refractivity contribution in [3.05, 3.63) is 53.5 Å². The van der Waals surface area contributed by atoms with Gasteiger partial charge in [-0.05, 0) is 38.9 Å². The topological polar surface area (TPSA) is 47.0 Å². The van der Waals surface area contributed by atoms with Crippen molar-refractivity contribution in [3.63, 3.8) is 0 Å². The van der Waals surface area contributed by atoms with Crippen molar-refractivity contribution in [2.45, 2.75) is 37.7 Å². The normalized spacial score (nSPS) is 14.6. The van der Waals surface area contributed by atoms with E-state index in [1.165, 1.54) is 16.7 Å². The van der Waals surface area contributed by atoms with Gasteiger partial charge >= 0.3 is 0 Å². The Morgan fingerprint density at radius 2 is 2.04 bits per heavy atom. The molecule has 2 aromatic rings. The molecule has 0 spiro atoms. The minimum absolute atomic E-state index is 0.167. The highest BCUT2D eigenvalue weighted by Crippen LogP contribution is 2.40. The van der Waals surface area contributed by atoms with Gasteiger partial charge in [0, 0.05) is 11.3 Å². The van der Waals surface area contributed by atoms with Crippen LogP contribution in [0.5, 0.6) is 5.88 Å². The molecule has 0 fully saturated rings. The lowest BCUT2D eigenvalue weighted by Gasteiger charge is -2.22. The van der Waals surface area contributed by atoms with Gasteiger partial charge in [0.15, 0.2) is 0 Å². The predicted molar refractivity (Wildman–Crippen MR) is 104 cm³/mol. The number of fused-ring (bicyclic) bond motifs is 1. The second kappa shape index (κ2) is 8.50. The van der Waals surface area contributed by atoms with E-state index in [0.717, 1.165) is 41.6 Å². The zero-order valence-corrected chi connectivity index (χ0v) is 15.9. The molecule has 25 heavy (non-hydrogen) atoms. The first kappa shape index (κ1) is 18.0. The number of nitrogens with one attached hydrogen (secondary N) is 1. The molecule has 1 aliphatic rings. The molecule has 0 saturated carbocycles. The molecule has 1 unspecified atom stereocenters. The third-order valence-corrected chi connectivity index (χ3v) is 5.34. The van der Waals surface area contributed by atoms with Gasteiger partial charge in [-0.15, -0.1) is 11.8 Å². The van der Waals surface area contributed by atoms with E-state index < -0.39 is 0 Å². The van der Waals surface area contributed by atoms with Crippen molar-refractivity contribution in [3.8, 4) is 5.88 Å². The largest absolute Gasteiger partial charge is 0.473 e. The van der Waals surface area contributed by atoms with Crippen LogP contribution in [0.2, 0.25) is 0 Å². The van der Waals surface area contributed by atoms with Crippen molar-refractivity contribution in [2.75, 3.05) is 19.3 Å². The van der Waals surface area contributed by atoms with Crippen molar-refractivity contribution < 1.29 is 4.74 Å². The van der Waals surface area contributed by atoms with Gasteiger partial charge in [0.25, 0.3) is 0 Å². The molecule has 1 aromatic carbocycles. The zero-order chi connectivity index (χ0) is 17.6. The molecule has 1 aromatic heterocycles. The van der Waals surface area contributed by atoms with E-state index >= 15 is 0 Å². The molecule has 4 nitrogen and oxygen atoms in total. The number of nitrogens with zero attached hydrogens (tertiary/aromatic N) is 2. The van der Waals surface area contributed by atoms with Crippen molar-refractivity contribution >= 4 is 17.3 Å². The van der Waals surface area contributed by atoms with Crippen LogP contribution >= 0.6 is 11.8 Å². The number of benzene rings is 1. The molecule has 1 N–H and O–H groups in total. The van der Waals surface area contributed by atoms with Gasteiger partial charge in [-0.25, -0.2) is 9.97 Å². The fourth-order valence-electron chi connectivity index (χ4n) is 2.87. The maximum Gasteiger partial charge on any atom is 0.231 e. The van der Waals surface area contributed by atoms with Crippen LogP contribution in [0.15, 0.2) is 41.6 Å². The van der Waals surface area contributed by atoms with Gasteiger partial charge in [0.05, 0.1) is 10.6 Å². The third kappa shape index (κ3) is 4.22. The molecular formula is C20H25N3OS. The summed E-state index contributed by atoms with van der Waals surface area (Å²) in [5.41, 5.74) is 4.61. The van der Waals surface area contributed by atoms with Crippen LogP contribution in [0.1, 0.15) is 36.6 Å². The number of aryl methyl sites for hydroxylation is 1. The lowest BCUT2D eigenvalue weighted by molar-refractivity contribution is 0.174. The Morgan fingerprint density at radius 1 is 1.24 bits per heavy atom. The fourth-order valence-corrected chi connectivity index (χ4v) is 3.81. The van der Waals surface area contributed by atoms with Crippen LogP contribution in [0.3, 0.4) is 0 Å². The number of aromatic nitrogens is 2. The lowest BCUT2D eigenvalue weighted by Crippen LogP contribution is -2.22. The minimum atomic E-state index is 0.167. The molecule has 1 aliphatic heterocycles. The minimum Gasteiger partial charge on any atom is -0.473 e. The van der Waals surface area contributed by atoms with Gasteiger partial charge < -0.3 is 10.1 Å². The van der Waals surface area contributed by atoms with Crippen molar-refractivity contribution in [1.82, 2.24) is 15.3 Å². The number of hydrogen-bond acceptors (Lipinski definition) is 5. The highest BCUT2D eigenvalue weighted by molar-refractivity contribution is 7.99. The van der Waals surface area contributed by atoms with E-state index in [-0.39, 0.29) is 6.10 Å². The smallest absolute Gasteiger partial charge is 0.231 e. The average Bonchev–Trinajstić information content (AvgIpc) is 2.65. The summed E-state index contributed by atoms with van der Waals surface area (Å²) in [6.07, 6.45) is 5.96. The van der Waals surface area contributed by atoms with Crippen molar-refractivity contribution in [1.29, 1.82) is 0 Å². The molecule has 1 atom stereocenters. The predicted octanol–water partition coefficient (Wildman–Crippen LogP) is 4.09. The van der Waals surface area contributed by atoms with Crippen LogP contribution in [0.25, 0.3) is 5.57 Å². The van der Waals surface area contributed by atoms with E-state index in [9.17, 15) is 0 Å². The van der Waals surface area contributed by atoms with E-state index in [2.05, 4.69) is 59.5 Å². The standard InChI is InChI=1S/C20H25N3OS/c1-4-16(9-11-21-3)24-20-19-18(22-13-23-20)17(10-12-25-19)15-7-5-14(2)6-8-15/h5-8,10,13,16,21H,4,9,11-12H2,1-3H3. The Balaban J connectivity index is 1.89. The maximum atomic E-state index is 6.23. The Morgan fingerprint density at radius 3 is 2.76 bits per heavy atom. The average molecular weight is 356 g/mol. The van der Waals surface area contributed by atoms with Gasteiger partial charge in [-0.2, -0.15) is 0 Å². The summed E-state index contributed by atoms with van der Waals surface area (Å²) in [7, 11) is 1.97. The first-order chi connectivity index (χ1) is 12.2.